The third kappa shape index (κ3) is 4.04. The summed E-state index contributed by atoms with van der Waals surface area (Å²) in [7, 11) is 0. The lowest BCUT2D eigenvalue weighted by atomic mass is 10.2. The Morgan fingerprint density at radius 1 is 1.29 bits per heavy atom. The molecule has 1 aromatic heterocycles. The van der Waals surface area contributed by atoms with Crippen molar-refractivity contribution in [3.8, 4) is 0 Å². The molecule has 2 heterocycles. The zero-order chi connectivity index (χ0) is 15.4. The first-order valence-corrected chi connectivity index (χ1v) is 8.15. The minimum absolute atomic E-state index is 0.112. The van der Waals surface area contributed by atoms with Crippen molar-refractivity contribution in [1.29, 1.82) is 0 Å². The lowest BCUT2D eigenvalue weighted by Crippen LogP contribution is -2.48. The molecule has 1 aliphatic heterocycles. The van der Waals surface area contributed by atoms with Crippen LogP contribution in [-0.4, -0.2) is 59.5 Å². The van der Waals surface area contributed by atoms with Gasteiger partial charge in [-0.05, 0) is 25.0 Å². The van der Waals surface area contributed by atoms with Crippen LogP contribution in [0.25, 0.3) is 0 Å². The van der Waals surface area contributed by atoms with Crippen LogP contribution in [0.3, 0.4) is 0 Å². The SMILES string of the molecule is CCc1cc(C(=O)N2CCN(CCC(=O)O)CC2)sc1C. The van der Waals surface area contributed by atoms with Gasteiger partial charge in [-0.1, -0.05) is 6.92 Å². The van der Waals surface area contributed by atoms with Crippen LogP contribution in [0.1, 0.15) is 33.5 Å². The maximum atomic E-state index is 12.5. The van der Waals surface area contributed by atoms with Crippen LogP contribution in [0.4, 0.5) is 0 Å². The molecule has 0 saturated carbocycles. The molecule has 2 rings (SSSR count). The molecule has 1 saturated heterocycles. The molecule has 1 aromatic rings. The average molecular weight is 310 g/mol. The van der Waals surface area contributed by atoms with E-state index in [0.717, 1.165) is 24.4 Å². The van der Waals surface area contributed by atoms with Crippen molar-refractivity contribution in [2.45, 2.75) is 26.7 Å². The molecule has 0 radical (unpaired) electrons. The summed E-state index contributed by atoms with van der Waals surface area (Å²) < 4.78 is 0. The molecular weight excluding hydrogens is 288 g/mol. The van der Waals surface area contributed by atoms with Crippen LogP contribution >= 0.6 is 11.3 Å². The lowest BCUT2D eigenvalue weighted by Gasteiger charge is -2.34. The van der Waals surface area contributed by atoms with Gasteiger partial charge in [-0.25, -0.2) is 0 Å². The smallest absolute Gasteiger partial charge is 0.304 e. The molecule has 1 fully saturated rings. The molecule has 0 aromatic carbocycles. The zero-order valence-corrected chi connectivity index (χ0v) is 13.4. The maximum absolute atomic E-state index is 12.5. The Balaban J connectivity index is 1.89. The molecule has 0 atom stereocenters. The summed E-state index contributed by atoms with van der Waals surface area (Å²) in [5, 5.41) is 8.69. The molecule has 6 heteroatoms. The number of carboxylic acid groups (broad SMARTS) is 1. The molecular formula is C15H22N2O3S. The first kappa shape index (κ1) is 16.0. The molecule has 21 heavy (non-hydrogen) atoms. The predicted octanol–water partition coefficient (Wildman–Crippen LogP) is 1.85. The predicted molar refractivity (Wildman–Crippen MR) is 83.0 cm³/mol. The number of carbonyl (C=O) groups excluding carboxylic acids is 1. The number of nitrogens with zero attached hydrogens (tertiary/aromatic N) is 2. The van der Waals surface area contributed by atoms with Crippen molar-refractivity contribution in [3.05, 3.63) is 21.4 Å². The number of carbonyl (C=O) groups is 2. The second-order valence-corrected chi connectivity index (χ2v) is 6.58. The van der Waals surface area contributed by atoms with E-state index < -0.39 is 5.97 Å². The number of amides is 1. The van der Waals surface area contributed by atoms with E-state index in [1.165, 1.54) is 10.4 Å². The topological polar surface area (TPSA) is 60.9 Å². The second-order valence-electron chi connectivity index (χ2n) is 5.32. The Morgan fingerprint density at radius 3 is 2.48 bits per heavy atom. The fourth-order valence-electron chi connectivity index (χ4n) is 2.56. The van der Waals surface area contributed by atoms with Gasteiger partial charge in [0.15, 0.2) is 0 Å². The fraction of sp³-hybridized carbons (Fsp3) is 0.600. The van der Waals surface area contributed by atoms with Gasteiger partial charge < -0.3 is 10.0 Å². The number of piperazine rings is 1. The summed E-state index contributed by atoms with van der Waals surface area (Å²) in [6.45, 7) is 7.59. The van der Waals surface area contributed by atoms with Crippen LogP contribution in [-0.2, 0) is 11.2 Å². The lowest BCUT2D eigenvalue weighted by molar-refractivity contribution is -0.137. The highest BCUT2D eigenvalue weighted by molar-refractivity contribution is 7.14. The minimum Gasteiger partial charge on any atom is -0.481 e. The van der Waals surface area contributed by atoms with Crippen molar-refractivity contribution in [2.24, 2.45) is 0 Å². The maximum Gasteiger partial charge on any atom is 0.304 e. The monoisotopic (exact) mass is 310 g/mol. The molecule has 5 nitrogen and oxygen atoms in total. The molecule has 0 aliphatic carbocycles. The van der Waals surface area contributed by atoms with E-state index in [9.17, 15) is 9.59 Å². The number of hydrogen-bond acceptors (Lipinski definition) is 4. The Morgan fingerprint density at radius 2 is 1.95 bits per heavy atom. The van der Waals surface area contributed by atoms with Crippen molar-refractivity contribution in [3.63, 3.8) is 0 Å². The van der Waals surface area contributed by atoms with Gasteiger partial charge in [-0.2, -0.15) is 0 Å². The van der Waals surface area contributed by atoms with Crippen LogP contribution in [0.15, 0.2) is 6.07 Å². The van der Waals surface area contributed by atoms with Crippen molar-refractivity contribution < 1.29 is 14.7 Å². The molecule has 0 spiro atoms. The second kappa shape index (κ2) is 7.04. The number of aliphatic carboxylic acids is 1. The van der Waals surface area contributed by atoms with E-state index in [1.807, 2.05) is 11.0 Å². The Labute approximate surface area is 129 Å². The number of hydrogen-bond donors (Lipinski definition) is 1. The van der Waals surface area contributed by atoms with Gasteiger partial charge in [0.1, 0.15) is 0 Å². The van der Waals surface area contributed by atoms with Gasteiger partial charge in [0.2, 0.25) is 0 Å². The van der Waals surface area contributed by atoms with Gasteiger partial charge >= 0.3 is 5.97 Å². The molecule has 1 amide bonds. The summed E-state index contributed by atoms with van der Waals surface area (Å²) in [6.07, 6.45) is 1.12. The Kier molecular flexibility index (Phi) is 5.36. The van der Waals surface area contributed by atoms with Crippen LogP contribution in [0.2, 0.25) is 0 Å². The third-order valence-corrected chi connectivity index (χ3v) is 4.99. The number of carboxylic acids is 1. The third-order valence-electron chi connectivity index (χ3n) is 3.91. The summed E-state index contributed by atoms with van der Waals surface area (Å²) in [5.41, 5.74) is 1.25. The highest BCUT2D eigenvalue weighted by Crippen LogP contribution is 2.23. The van der Waals surface area contributed by atoms with E-state index in [0.29, 0.717) is 19.6 Å². The molecule has 0 bridgehead atoms. The fourth-order valence-corrected chi connectivity index (χ4v) is 3.64. The first-order valence-electron chi connectivity index (χ1n) is 7.34. The van der Waals surface area contributed by atoms with Crippen LogP contribution in [0.5, 0.6) is 0 Å². The highest BCUT2D eigenvalue weighted by Gasteiger charge is 2.23. The van der Waals surface area contributed by atoms with E-state index in [1.54, 1.807) is 11.3 Å². The van der Waals surface area contributed by atoms with E-state index in [4.69, 9.17) is 5.11 Å². The highest BCUT2D eigenvalue weighted by atomic mass is 32.1. The molecule has 0 unspecified atom stereocenters. The number of rotatable bonds is 5. The number of thiophene rings is 1. The van der Waals surface area contributed by atoms with Gasteiger partial charge in [-0.15, -0.1) is 11.3 Å². The molecule has 1 N–H and O–H groups in total. The Bertz CT molecular complexity index is 519. The van der Waals surface area contributed by atoms with Gasteiger partial charge in [-0.3, -0.25) is 14.5 Å². The average Bonchev–Trinajstić information content (AvgIpc) is 2.86. The van der Waals surface area contributed by atoms with Crippen LogP contribution < -0.4 is 0 Å². The van der Waals surface area contributed by atoms with E-state index in [-0.39, 0.29) is 12.3 Å². The summed E-state index contributed by atoms with van der Waals surface area (Å²) in [6, 6.07) is 2.01. The van der Waals surface area contributed by atoms with Crippen LogP contribution in [0, 0.1) is 6.92 Å². The summed E-state index contributed by atoms with van der Waals surface area (Å²) in [4.78, 5) is 29.1. The summed E-state index contributed by atoms with van der Waals surface area (Å²) in [5.74, 6) is -0.657. The normalized spacial score (nSPS) is 16.2. The van der Waals surface area contributed by atoms with Crippen molar-refractivity contribution >= 4 is 23.2 Å². The number of aryl methyl sites for hydroxylation is 2. The van der Waals surface area contributed by atoms with Crippen molar-refractivity contribution in [1.82, 2.24) is 9.80 Å². The summed E-state index contributed by atoms with van der Waals surface area (Å²) >= 11 is 1.57. The minimum atomic E-state index is -0.769. The Hall–Kier alpha value is -1.40. The van der Waals surface area contributed by atoms with Gasteiger partial charge in [0, 0.05) is 37.6 Å². The van der Waals surface area contributed by atoms with E-state index in [2.05, 4.69) is 18.7 Å². The molecule has 1 aliphatic rings. The molecule has 116 valence electrons. The van der Waals surface area contributed by atoms with E-state index >= 15 is 0 Å². The van der Waals surface area contributed by atoms with Gasteiger partial charge in [0.05, 0.1) is 11.3 Å². The van der Waals surface area contributed by atoms with Gasteiger partial charge in [0.25, 0.3) is 5.91 Å². The zero-order valence-electron chi connectivity index (χ0n) is 12.6. The largest absolute Gasteiger partial charge is 0.481 e. The van der Waals surface area contributed by atoms with Crippen molar-refractivity contribution in [2.75, 3.05) is 32.7 Å². The quantitative estimate of drug-likeness (QED) is 0.901. The standard InChI is InChI=1S/C15H22N2O3S/c1-3-12-10-13(21-11(12)2)15(20)17-8-6-16(7-9-17)5-4-14(18)19/h10H,3-9H2,1-2H3,(H,18,19). The first-order chi connectivity index (χ1) is 10.0.